The Bertz CT molecular complexity index is 868. The summed E-state index contributed by atoms with van der Waals surface area (Å²) in [5.41, 5.74) is 1.43. The molecule has 2 saturated carbocycles. The van der Waals surface area contributed by atoms with Crippen molar-refractivity contribution < 1.29 is 19.1 Å². The number of rotatable bonds is 8. The summed E-state index contributed by atoms with van der Waals surface area (Å²) in [6, 6.07) is 17.8. The number of carbonyl (C=O) groups is 2. The molecule has 5 nitrogen and oxygen atoms in total. The molecule has 2 aliphatic carbocycles. The van der Waals surface area contributed by atoms with Gasteiger partial charge in [-0.25, -0.2) is 0 Å². The topological polar surface area (TPSA) is 55.8 Å². The van der Waals surface area contributed by atoms with Gasteiger partial charge in [0.15, 0.2) is 6.61 Å². The van der Waals surface area contributed by atoms with Crippen LogP contribution in [0.25, 0.3) is 0 Å². The summed E-state index contributed by atoms with van der Waals surface area (Å²) < 4.78 is 10.8. The standard InChI is InChI=1S/C25H29NO4/c1-29-22-13-9-19(10-14-22)17-26(21-11-12-21)23(27)18-30-24(28)25(15-5-6-16-25)20-7-3-2-4-8-20/h2-4,7-10,13-14,21H,5-6,11-12,15-18H2,1H3. The molecule has 30 heavy (non-hydrogen) atoms. The summed E-state index contributed by atoms with van der Waals surface area (Å²) in [7, 11) is 1.63. The van der Waals surface area contributed by atoms with Gasteiger partial charge < -0.3 is 14.4 Å². The summed E-state index contributed by atoms with van der Waals surface area (Å²) >= 11 is 0. The molecule has 2 aromatic carbocycles. The van der Waals surface area contributed by atoms with Crippen LogP contribution in [0.4, 0.5) is 0 Å². The second-order valence-corrected chi connectivity index (χ2v) is 8.33. The molecule has 0 N–H and O–H groups in total. The monoisotopic (exact) mass is 407 g/mol. The van der Waals surface area contributed by atoms with Gasteiger partial charge in [0.2, 0.25) is 0 Å². The van der Waals surface area contributed by atoms with Crippen molar-refractivity contribution in [2.75, 3.05) is 13.7 Å². The van der Waals surface area contributed by atoms with Crippen molar-refractivity contribution in [1.29, 1.82) is 0 Å². The van der Waals surface area contributed by atoms with Crippen molar-refractivity contribution in [1.82, 2.24) is 4.90 Å². The Labute approximate surface area is 178 Å². The summed E-state index contributed by atoms with van der Waals surface area (Å²) in [6.45, 7) is 0.328. The zero-order chi connectivity index (χ0) is 21.0. The average Bonchev–Trinajstić information content (AvgIpc) is 3.51. The Kier molecular flexibility index (Phi) is 6.07. The molecule has 0 bridgehead atoms. The van der Waals surface area contributed by atoms with Gasteiger partial charge in [-0.2, -0.15) is 0 Å². The first-order chi connectivity index (χ1) is 14.6. The van der Waals surface area contributed by atoms with Crippen molar-refractivity contribution in [3.8, 4) is 5.75 Å². The first-order valence-electron chi connectivity index (χ1n) is 10.8. The minimum Gasteiger partial charge on any atom is -0.497 e. The van der Waals surface area contributed by atoms with Crippen LogP contribution >= 0.6 is 0 Å². The van der Waals surface area contributed by atoms with E-state index in [1.54, 1.807) is 7.11 Å². The van der Waals surface area contributed by atoms with E-state index < -0.39 is 5.41 Å². The van der Waals surface area contributed by atoms with Crippen LogP contribution in [0.1, 0.15) is 49.7 Å². The molecule has 0 unspecified atom stereocenters. The lowest BCUT2D eigenvalue weighted by atomic mass is 9.79. The molecule has 158 valence electrons. The second-order valence-electron chi connectivity index (χ2n) is 8.33. The Morgan fingerprint density at radius 3 is 2.27 bits per heavy atom. The molecule has 2 fully saturated rings. The van der Waals surface area contributed by atoms with Crippen LogP contribution in [0.15, 0.2) is 54.6 Å². The molecule has 2 aromatic rings. The highest BCUT2D eigenvalue weighted by atomic mass is 16.5. The maximum Gasteiger partial charge on any atom is 0.317 e. The van der Waals surface area contributed by atoms with Crippen molar-refractivity contribution in [3.63, 3.8) is 0 Å². The molecule has 0 heterocycles. The molecule has 0 aromatic heterocycles. The zero-order valence-electron chi connectivity index (χ0n) is 17.5. The molecule has 2 aliphatic rings. The Hall–Kier alpha value is -2.82. The van der Waals surface area contributed by atoms with E-state index in [0.717, 1.165) is 55.4 Å². The summed E-state index contributed by atoms with van der Waals surface area (Å²) in [6.07, 6.45) is 5.57. The highest BCUT2D eigenvalue weighted by molar-refractivity contribution is 5.87. The van der Waals surface area contributed by atoms with Gasteiger partial charge in [0.05, 0.1) is 12.5 Å². The van der Waals surface area contributed by atoms with Gasteiger partial charge in [-0.3, -0.25) is 9.59 Å². The molecule has 0 atom stereocenters. The number of methoxy groups -OCH3 is 1. The number of hydrogen-bond acceptors (Lipinski definition) is 4. The minimum atomic E-state index is -0.609. The van der Waals surface area contributed by atoms with Crippen LogP contribution in [0.3, 0.4) is 0 Å². The molecule has 0 saturated heterocycles. The molecule has 0 spiro atoms. The smallest absolute Gasteiger partial charge is 0.317 e. The highest BCUT2D eigenvalue weighted by Gasteiger charge is 2.44. The van der Waals surface area contributed by atoms with Crippen molar-refractivity contribution in [2.24, 2.45) is 0 Å². The normalized spacial score (nSPS) is 17.4. The number of amides is 1. The van der Waals surface area contributed by atoms with Crippen LogP contribution < -0.4 is 4.74 Å². The van der Waals surface area contributed by atoms with Gasteiger partial charge in [-0.15, -0.1) is 0 Å². The van der Waals surface area contributed by atoms with E-state index in [4.69, 9.17) is 9.47 Å². The Morgan fingerprint density at radius 2 is 1.67 bits per heavy atom. The van der Waals surface area contributed by atoms with Crippen LogP contribution in [-0.4, -0.2) is 36.5 Å². The summed E-state index contributed by atoms with van der Waals surface area (Å²) in [5, 5.41) is 0. The van der Waals surface area contributed by atoms with Crippen molar-refractivity contribution >= 4 is 11.9 Å². The molecule has 0 aliphatic heterocycles. The fourth-order valence-corrected chi connectivity index (χ4v) is 4.43. The number of benzene rings is 2. The molecular weight excluding hydrogens is 378 g/mol. The predicted molar refractivity (Wildman–Crippen MR) is 114 cm³/mol. The van der Waals surface area contributed by atoms with E-state index in [9.17, 15) is 9.59 Å². The number of nitrogens with zero attached hydrogens (tertiary/aromatic N) is 1. The molecule has 1 amide bonds. The third-order valence-corrected chi connectivity index (χ3v) is 6.32. The lowest BCUT2D eigenvalue weighted by Crippen LogP contribution is -2.40. The molecular formula is C25H29NO4. The predicted octanol–water partition coefficient (Wildman–Crippen LogP) is 4.24. The third-order valence-electron chi connectivity index (χ3n) is 6.32. The van der Waals surface area contributed by atoms with E-state index in [0.29, 0.717) is 6.54 Å². The van der Waals surface area contributed by atoms with Gasteiger partial charge >= 0.3 is 5.97 Å². The van der Waals surface area contributed by atoms with Gasteiger partial charge in [0.25, 0.3) is 5.91 Å². The molecule has 0 radical (unpaired) electrons. The third kappa shape index (κ3) is 4.35. The Morgan fingerprint density at radius 1 is 1.00 bits per heavy atom. The SMILES string of the molecule is COc1ccc(CN(C(=O)COC(=O)C2(c3ccccc3)CCCC2)C2CC2)cc1. The lowest BCUT2D eigenvalue weighted by Gasteiger charge is -2.28. The first kappa shape index (κ1) is 20.5. The van der Waals surface area contributed by atoms with E-state index in [-0.39, 0.29) is 24.5 Å². The quantitative estimate of drug-likeness (QED) is 0.614. The van der Waals surface area contributed by atoms with Crippen molar-refractivity contribution in [2.45, 2.75) is 56.5 Å². The molecule has 4 rings (SSSR count). The van der Waals surface area contributed by atoms with Gasteiger partial charge in [-0.05, 0) is 48.9 Å². The average molecular weight is 408 g/mol. The lowest BCUT2D eigenvalue weighted by molar-refractivity contribution is -0.157. The highest BCUT2D eigenvalue weighted by Crippen LogP contribution is 2.42. The Balaban J connectivity index is 1.41. The van der Waals surface area contributed by atoms with E-state index in [1.807, 2.05) is 59.5 Å². The largest absolute Gasteiger partial charge is 0.497 e. The van der Waals surface area contributed by atoms with Crippen LogP contribution in [0, 0.1) is 0 Å². The fourth-order valence-electron chi connectivity index (χ4n) is 4.43. The van der Waals surface area contributed by atoms with E-state index in [1.165, 1.54) is 0 Å². The van der Waals surface area contributed by atoms with E-state index in [2.05, 4.69) is 0 Å². The maximum absolute atomic E-state index is 13.1. The van der Waals surface area contributed by atoms with Gasteiger partial charge in [0.1, 0.15) is 5.75 Å². The van der Waals surface area contributed by atoms with Gasteiger partial charge in [-0.1, -0.05) is 55.3 Å². The molecule has 5 heteroatoms. The first-order valence-corrected chi connectivity index (χ1v) is 10.8. The zero-order valence-corrected chi connectivity index (χ0v) is 17.5. The minimum absolute atomic E-state index is 0.122. The number of ether oxygens (including phenoxy) is 2. The second kappa shape index (κ2) is 8.90. The number of esters is 1. The maximum atomic E-state index is 13.1. The van der Waals surface area contributed by atoms with Gasteiger partial charge in [0, 0.05) is 12.6 Å². The van der Waals surface area contributed by atoms with Crippen molar-refractivity contribution in [3.05, 3.63) is 65.7 Å². The number of carbonyl (C=O) groups excluding carboxylic acids is 2. The summed E-state index contributed by atoms with van der Waals surface area (Å²) in [4.78, 5) is 27.9. The van der Waals surface area contributed by atoms with Crippen LogP contribution in [-0.2, 0) is 26.3 Å². The van der Waals surface area contributed by atoms with Crippen LogP contribution in [0.5, 0.6) is 5.75 Å². The fraction of sp³-hybridized carbons (Fsp3) is 0.440. The number of hydrogen-bond donors (Lipinski definition) is 0. The summed E-state index contributed by atoms with van der Waals surface area (Å²) in [5.74, 6) is 0.405. The van der Waals surface area contributed by atoms with E-state index >= 15 is 0 Å². The van der Waals surface area contributed by atoms with Crippen LogP contribution in [0.2, 0.25) is 0 Å².